The average Bonchev–Trinajstić information content (AvgIpc) is 3.03. The van der Waals surface area contributed by atoms with E-state index < -0.39 is 17.8 Å². The van der Waals surface area contributed by atoms with Crippen molar-refractivity contribution in [1.82, 2.24) is 24.9 Å². The number of hydrogen-bond acceptors (Lipinski definition) is 5. The number of amides is 1. The molecule has 1 amide bonds. The van der Waals surface area contributed by atoms with Gasteiger partial charge in [-0.25, -0.2) is 9.50 Å². The molecule has 1 aromatic carbocycles. The van der Waals surface area contributed by atoms with Crippen LogP contribution in [0.2, 0.25) is 0 Å². The lowest BCUT2D eigenvalue weighted by Crippen LogP contribution is -2.34. The van der Waals surface area contributed by atoms with E-state index in [1.54, 1.807) is 0 Å². The first kappa shape index (κ1) is 17.5. The summed E-state index contributed by atoms with van der Waals surface area (Å²) in [5.74, 6) is -1.92. The first-order valence-corrected chi connectivity index (χ1v) is 8.20. The van der Waals surface area contributed by atoms with Crippen LogP contribution >= 0.6 is 0 Å². The van der Waals surface area contributed by atoms with Gasteiger partial charge in [0.15, 0.2) is 0 Å². The molecular formula is C18H19N5O3. The molecule has 8 nitrogen and oxygen atoms in total. The van der Waals surface area contributed by atoms with E-state index in [-0.39, 0.29) is 12.4 Å². The van der Waals surface area contributed by atoms with E-state index in [0.717, 1.165) is 17.0 Å². The van der Waals surface area contributed by atoms with Gasteiger partial charge in [0.1, 0.15) is 0 Å². The Morgan fingerprint density at radius 2 is 1.92 bits per heavy atom. The first-order valence-electron chi connectivity index (χ1n) is 8.20. The van der Waals surface area contributed by atoms with E-state index in [0.29, 0.717) is 12.2 Å². The molecule has 0 saturated carbocycles. The number of benzene rings is 1. The van der Waals surface area contributed by atoms with Crippen molar-refractivity contribution in [2.45, 2.75) is 20.3 Å². The molecule has 0 saturated heterocycles. The molecule has 3 rings (SSSR count). The summed E-state index contributed by atoms with van der Waals surface area (Å²) in [7, 11) is 0. The molecule has 2 heterocycles. The summed E-state index contributed by atoms with van der Waals surface area (Å²) in [5, 5.41) is 16.2. The van der Waals surface area contributed by atoms with Crippen LogP contribution in [0.4, 0.5) is 0 Å². The molecule has 0 aliphatic heterocycles. The highest BCUT2D eigenvalue weighted by atomic mass is 16.4. The molecule has 8 heteroatoms. The van der Waals surface area contributed by atoms with Crippen LogP contribution in [0.3, 0.4) is 0 Å². The van der Waals surface area contributed by atoms with Gasteiger partial charge in [0.2, 0.25) is 5.82 Å². The fraction of sp³-hybridized carbons (Fsp3) is 0.278. The average molecular weight is 353 g/mol. The van der Waals surface area contributed by atoms with Crippen LogP contribution in [0, 0.1) is 19.8 Å². The molecule has 0 aliphatic rings. The monoisotopic (exact) mass is 353 g/mol. The lowest BCUT2D eigenvalue weighted by molar-refractivity contribution is -0.141. The number of nitrogens with one attached hydrogen (secondary N) is 1. The third kappa shape index (κ3) is 3.85. The van der Waals surface area contributed by atoms with E-state index >= 15 is 0 Å². The quantitative estimate of drug-likeness (QED) is 0.693. The molecule has 3 aromatic rings. The number of hydrogen-bond donors (Lipinski definition) is 2. The number of carbonyl (C=O) groups is 2. The van der Waals surface area contributed by atoms with Crippen molar-refractivity contribution in [3.63, 3.8) is 0 Å². The number of carboxylic acid groups (broad SMARTS) is 1. The number of aliphatic carboxylic acids is 1. The van der Waals surface area contributed by atoms with Crippen molar-refractivity contribution < 1.29 is 14.7 Å². The summed E-state index contributed by atoms with van der Waals surface area (Å²) in [6.45, 7) is 3.67. The van der Waals surface area contributed by atoms with E-state index in [1.165, 1.54) is 4.52 Å². The van der Waals surface area contributed by atoms with E-state index in [4.69, 9.17) is 0 Å². The van der Waals surface area contributed by atoms with E-state index in [2.05, 4.69) is 20.4 Å². The topological polar surface area (TPSA) is 109 Å². The smallest absolute Gasteiger partial charge is 0.308 e. The van der Waals surface area contributed by atoms with Gasteiger partial charge in [-0.15, -0.1) is 5.10 Å². The van der Waals surface area contributed by atoms with Crippen molar-refractivity contribution in [3.8, 4) is 0 Å². The SMILES string of the molecule is Cc1cc(C)n2nc(C(=O)NCC(Cc3ccccc3)C(=O)O)nc2n1. The van der Waals surface area contributed by atoms with E-state index in [1.807, 2.05) is 50.2 Å². The molecule has 2 N–H and O–H groups in total. The van der Waals surface area contributed by atoms with Crippen molar-refractivity contribution in [1.29, 1.82) is 0 Å². The Labute approximate surface area is 149 Å². The van der Waals surface area contributed by atoms with Crippen LogP contribution in [0.1, 0.15) is 27.6 Å². The molecule has 26 heavy (non-hydrogen) atoms. The minimum Gasteiger partial charge on any atom is -0.481 e. The lowest BCUT2D eigenvalue weighted by Gasteiger charge is -2.12. The molecule has 134 valence electrons. The number of carboxylic acids is 1. The first-order chi connectivity index (χ1) is 12.4. The highest BCUT2D eigenvalue weighted by Gasteiger charge is 2.21. The second-order valence-corrected chi connectivity index (χ2v) is 6.12. The Kier molecular flexibility index (Phi) is 4.92. The molecular weight excluding hydrogens is 334 g/mol. The second-order valence-electron chi connectivity index (χ2n) is 6.12. The van der Waals surface area contributed by atoms with Gasteiger partial charge in [0.25, 0.3) is 11.7 Å². The van der Waals surface area contributed by atoms with Gasteiger partial charge in [0.05, 0.1) is 5.92 Å². The molecule has 0 fully saturated rings. The highest BCUT2D eigenvalue weighted by molar-refractivity contribution is 5.91. The van der Waals surface area contributed by atoms with Crippen molar-refractivity contribution in [2.75, 3.05) is 6.54 Å². The minimum atomic E-state index is -0.967. The van der Waals surface area contributed by atoms with Gasteiger partial charge < -0.3 is 10.4 Å². The van der Waals surface area contributed by atoms with Crippen LogP contribution in [0.5, 0.6) is 0 Å². The number of rotatable bonds is 6. The zero-order valence-corrected chi connectivity index (χ0v) is 14.5. The van der Waals surface area contributed by atoms with E-state index in [9.17, 15) is 14.7 Å². The maximum Gasteiger partial charge on any atom is 0.308 e. The van der Waals surface area contributed by atoms with Crippen LogP contribution < -0.4 is 5.32 Å². The van der Waals surface area contributed by atoms with Gasteiger partial charge in [-0.3, -0.25) is 9.59 Å². The Hall–Kier alpha value is -3.29. The molecule has 1 atom stereocenters. The summed E-state index contributed by atoms with van der Waals surface area (Å²) in [5.41, 5.74) is 2.49. The molecule has 0 radical (unpaired) electrons. The fourth-order valence-electron chi connectivity index (χ4n) is 2.70. The van der Waals surface area contributed by atoms with Crippen molar-refractivity contribution >= 4 is 17.7 Å². The Balaban J connectivity index is 1.70. The zero-order chi connectivity index (χ0) is 18.7. The second kappa shape index (κ2) is 7.30. The number of carbonyl (C=O) groups excluding carboxylic acids is 1. The number of fused-ring (bicyclic) bond motifs is 1. The van der Waals surface area contributed by atoms with Gasteiger partial charge in [-0.1, -0.05) is 30.3 Å². The standard InChI is InChI=1S/C18H19N5O3/c1-11-8-12(2)23-18(20-11)21-15(22-23)16(24)19-10-14(17(25)26)9-13-6-4-3-5-7-13/h3-8,14H,9-10H2,1-2H3,(H,19,24)(H,25,26). The maximum absolute atomic E-state index is 12.3. The van der Waals surface area contributed by atoms with Crippen molar-refractivity contribution in [3.05, 3.63) is 59.2 Å². The summed E-state index contributed by atoms with van der Waals surface area (Å²) >= 11 is 0. The largest absolute Gasteiger partial charge is 0.481 e. The third-order valence-corrected chi connectivity index (χ3v) is 4.00. The predicted molar refractivity (Wildman–Crippen MR) is 93.9 cm³/mol. The number of aromatic nitrogens is 4. The van der Waals surface area contributed by atoms with Crippen molar-refractivity contribution in [2.24, 2.45) is 5.92 Å². The summed E-state index contributed by atoms with van der Waals surface area (Å²) in [6, 6.07) is 11.1. The number of aryl methyl sites for hydroxylation is 2. The predicted octanol–water partition coefficient (Wildman–Crippen LogP) is 1.41. The Morgan fingerprint density at radius 3 is 2.62 bits per heavy atom. The van der Waals surface area contributed by atoms with Crippen LogP contribution in [0.25, 0.3) is 5.78 Å². The lowest BCUT2D eigenvalue weighted by atomic mass is 9.99. The maximum atomic E-state index is 12.3. The minimum absolute atomic E-state index is 0.00987. The molecule has 0 aliphatic carbocycles. The highest BCUT2D eigenvalue weighted by Crippen LogP contribution is 2.09. The molecule has 0 spiro atoms. The van der Waals surface area contributed by atoms with Crippen LogP contribution in [0.15, 0.2) is 36.4 Å². The fourth-order valence-corrected chi connectivity index (χ4v) is 2.70. The van der Waals surface area contributed by atoms with Gasteiger partial charge in [-0.05, 0) is 31.9 Å². The zero-order valence-electron chi connectivity index (χ0n) is 14.5. The number of nitrogens with zero attached hydrogens (tertiary/aromatic N) is 4. The Morgan fingerprint density at radius 1 is 1.19 bits per heavy atom. The summed E-state index contributed by atoms with van der Waals surface area (Å²) < 4.78 is 1.49. The van der Waals surface area contributed by atoms with Crippen LogP contribution in [-0.2, 0) is 11.2 Å². The molecule has 1 unspecified atom stereocenters. The molecule has 0 bridgehead atoms. The summed E-state index contributed by atoms with van der Waals surface area (Å²) in [4.78, 5) is 32.2. The van der Waals surface area contributed by atoms with Gasteiger partial charge in [0, 0.05) is 17.9 Å². The van der Waals surface area contributed by atoms with Gasteiger partial charge in [-0.2, -0.15) is 4.98 Å². The normalized spacial score (nSPS) is 12.1. The Bertz CT molecular complexity index is 952. The van der Waals surface area contributed by atoms with Gasteiger partial charge >= 0.3 is 5.97 Å². The third-order valence-electron chi connectivity index (χ3n) is 4.00. The summed E-state index contributed by atoms with van der Waals surface area (Å²) in [6.07, 6.45) is 0.328. The molecule has 2 aromatic heterocycles. The van der Waals surface area contributed by atoms with Crippen LogP contribution in [-0.4, -0.2) is 43.1 Å².